The van der Waals surface area contributed by atoms with Crippen LogP contribution in [0.2, 0.25) is 0 Å². The summed E-state index contributed by atoms with van der Waals surface area (Å²) in [5.41, 5.74) is 9.07. The summed E-state index contributed by atoms with van der Waals surface area (Å²) in [6.45, 7) is 10.2. The van der Waals surface area contributed by atoms with Gasteiger partial charge >= 0.3 is 0 Å². The average molecular weight is 276 g/mol. The van der Waals surface area contributed by atoms with Crippen LogP contribution in [0.25, 0.3) is 11.2 Å². The van der Waals surface area contributed by atoms with Crippen molar-refractivity contribution in [3.63, 3.8) is 0 Å². The SMILES string of the molecule is CCN(CCn1c(N)nc2c(C)nn(CC)c21)C1CC1. The second kappa shape index (κ2) is 5.09. The summed E-state index contributed by atoms with van der Waals surface area (Å²) in [6, 6.07) is 0.790. The number of hydrogen-bond donors (Lipinski definition) is 1. The minimum Gasteiger partial charge on any atom is -0.369 e. The van der Waals surface area contributed by atoms with E-state index in [1.54, 1.807) is 0 Å². The Bertz CT molecular complexity index is 607. The van der Waals surface area contributed by atoms with E-state index in [-0.39, 0.29) is 0 Å². The fourth-order valence-electron chi connectivity index (χ4n) is 2.95. The number of hydrogen-bond acceptors (Lipinski definition) is 4. The molecule has 1 saturated carbocycles. The second-order valence-corrected chi connectivity index (χ2v) is 5.55. The zero-order chi connectivity index (χ0) is 14.3. The molecule has 2 aromatic heterocycles. The highest BCUT2D eigenvalue weighted by molar-refractivity contribution is 5.77. The van der Waals surface area contributed by atoms with E-state index in [4.69, 9.17) is 5.73 Å². The van der Waals surface area contributed by atoms with Crippen LogP contribution in [0.1, 0.15) is 32.4 Å². The van der Waals surface area contributed by atoms with Gasteiger partial charge in [-0.25, -0.2) is 9.67 Å². The molecule has 0 atom stereocenters. The van der Waals surface area contributed by atoms with Crippen LogP contribution in [-0.2, 0) is 13.1 Å². The zero-order valence-corrected chi connectivity index (χ0v) is 12.6. The Labute approximate surface area is 119 Å². The van der Waals surface area contributed by atoms with Crippen molar-refractivity contribution in [2.45, 2.75) is 52.7 Å². The number of nitrogens with zero attached hydrogens (tertiary/aromatic N) is 5. The molecule has 1 aliphatic carbocycles. The number of nitrogens with two attached hydrogens (primary N) is 1. The lowest BCUT2D eigenvalue weighted by Crippen LogP contribution is -2.29. The molecule has 0 spiro atoms. The molecule has 0 unspecified atom stereocenters. The van der Waals surface area contributed by atoms with E-state index in [2.05, 4.69) is 33.4 Å². The highest BCUT2D eigenvalue weighted by Crippen LogP contribution is 2.27. The molecule has 0 radical (unpaired) electrons. The number of imidazole rings is 1. The van der Waals surface area contributed by atoms with Gasteiger partial charge < -0.3 is 5.73 Å². The predicted molar refractivity (Wildman–Crippen MR) is 80.6 cm³/mol. The Morgan fingerprint density at radius 1 is 1.35 bits per heavy atom. The van der Waals surface area contributed by atoms with Crippen molar-refractivity contribution in [3.8, 4) is 0 Å². The summed E-state index contributed by atoms with van der Waals surface area (Å²) in [4.78, 5) is 7.02. The Kier molecular flexibility index (Phi) is 3.41. The van der Waals surface area contributed by atoms with Crippen molar-refractivity contribution in [3.05, 3.63) is 5.69 Å². The van der Waals surface area contributed by atoms with Gasteiger partial charge in [-0.15, -0.1) is 0 Å². The molecule has 6 heteroatoms. The molecule has 110 valence electrons. The first-order chi connectivity index (χ1) is 9.65. The molecule has 0 aromatic carbocycles. The van der Waals surface area contributed by atoms with Crippen LogP contribution < -0.4 is 5.73 Å². The molecule has 20 heavy (non-hydrogen) atoms. The van der Waals surface area contributed by atoms with Gasteiger partial charge in [0.1, 0.15) is 5.52 Å². The first kappa shape index (κ1) is 13.4. The number of rotatable bonds is 6. The molecule has 6 nitrogen and oxygen atoms in total. The topological polar surface area (TPSA) is 64.9 Å². The first-order valence-corrected chi connectivity index (χ1v) is 7.58. The van der Waals surface area contributed by atoms with Crippen LogP contribution >= 0.6 is 0 Å². The van der Waals surface area contributed by atoms with Crippen molar-refractivity contribution in [1.29, 1.82) is 0 Å². The molecule has 0 amide bonds. The van der Waals surface area contributed by atoms with E-state index in [0.717, 1.165) is 49.1 Å². The normalized spacial score (nSPS) is 15.6. The maximum atomic E-state index is 6.10. The Morgan fingerprint density at radius 3 is 2.70 bits per heavy atom. The van der Waals surface area contributed by atoms with E-state index >= 15 is 0 Å². The van der Waals surface area contributed by atoms with Crippen molar-refractivity contribution >= 4 is 17.1 Å². The molecule has 1 fully saturated rings. The summed E-state index contributed by atoms with van der Waals surface area (Å²) in [5.74, 6) is 0.606. The highest BCUT2D eigenvalue weighted by Gasteiger charge is 2.27. The van der Waals surface area contributed by atoms with Crippen LogP contribution in [0.3, 0.4) is 0 Å². The van der Waals surface area contributed by atoms with Gasteiger partial charge in [-0.1, -0.05) is 6.92 Å². The Morgan fingerprint density at radius 2 is 2.10 bits per heavy atom. The van der Waals surface area contributed by atoms with Crippen LogP contribution in [0.15, 0.2) is 0 Å². The fraction of sp³-hybridized carbons (Fsp3) is 0.714. The van der Waals surface area contributed by atoms with E-state index in [9.17, 15) is 0 Å². The lowest BCUT2D eigenvalue weighted by molar-refractivity contribution is 0.267. The second-order valence-electron chi connectivity index (χ2n) is 5.55. The number of anilines is 1. The van der Waals surface area contributed by atoms with Crippen molar-refractivity contribution in [1.82, 2.24) is 24.2 Å². The monoisotopic (exact) mass is 276 g/mol. The minimum absolute atomic E-state index is 0.606. The lowest BCUT2D eigenvalue weighted by Gasteiger charge is -2.20. The smallest absolute Gasteiger partial charge is 0.202 e. The van der Waals surface area contributed by atoms with E-state index in [0.29, 0.717) is 5.95 Å². The third-order valence-corrected chi connectivity index (χ3v) is 4.21. The standard InChI is InChI=1S/C14H24N6/c1-4-18(11-6-7-11)8-9-19-13-12(16-14(19)15)10(3)17-20(13)5-2/h11H,4-9H2,1-3H3,(H2,15,16). The van der Waals surface area contributed by atoms with E-state index in [1.165, 1.54) is 12.8 Å². The van der Waals surface area contributed by atoms with Crippen molar-refractivity contribution < 1.29 is 0 Å². The molecule has 3 rings (SSSR count). The Hall–Kier alpha value is -1.56. The summed E-state index contributed by atoms with van der Waals surface area (Å²) >= 11 is 0. The summed E-state index contributed by atoms with van der Waals surface area (Å²) < 4.78 is 4.12. The average Bonchev–Trinajstić information content (AvgIpc) is 3.16. The summed E-state index contributed by atoms with van der Waals surface area (Å²) in [7, 11) is 0. The molecular weight excluding hydrogens is 252 g/mol. The maximum Gasteiger partial charge on any atom is 0.202 e. The van der Waals surface area contributed by atoms with E-state index < -0.39 is 0 Å². The number of likely N-dealkylation sites (N-methyl/N-ethyl adjacent to an activating group) is 1. The van der Waals surface area contributed by atoms with Gasteiger partial charge in [0, 0.05) is 25.7 Å². The van der Waals surface area contributed by atoms with Gasteiger partial charge in [-0.05, 0) is 33.2 Å². The molecule has 2 aromatic rings. The zero-order valence-electron chi connectivity index (χ0n) is 12.6. The van der Waals surface area contributed by atoms with Gasteiger partial charge in [0.15, 0.2) is 5.65 Å². The van der Waals surface area contributed by atoms with Crippen LogP contribution in [0, 0.1) is 6.92 Å². The molecule has 2 heterocycles. The molecule has 0 saturated heterocycles. The number of nitrogen functional groups attached to an aromatic ring is 1. The third kappa shape index (κ3) is 2.18. The highest BCUT2D eigenvalue weighted by atomic mass is 15.4. The van der Waals surface area contributed by atoms with Crippen molar-refractivity contribution in [2.75, 3.05) is 18.8 Å². The summed E-state index contributed by atoms with van der Waals surface area (Å²) in [6.07, 6.45) is 2.68. The molecule has 1 aliphatic rings. The largest absolute Gasteiger partial charge is 0.369 e. The van der Waals surface area contributed by atoms with Gasteiger partial charge in [-0.2, -0.15) is 5.10 Å². The summed E-state index contributed by atoms with van der Waals surface area (Å²) in [5, 5.41) is 4.53. The minimum atomic E-state index is 0.606. The van der Waals surface area contributed by atoms with E-state index in [1.807, 2.05) is 11.6 Å². The molecule has 0 aliphatic heterocycles. The maximum absolute atomic E-state index is 6.10. The quantitative estimate of drug-likeness (QED) is 0.871. The van der Waals surface area contributed by atoms with Gasteiger partial charge in [0.25, 0.3) is 0 Å². The fourth-order valence-corrected chi connectivity index (χ4v) is 2.95. The van der Waals surface area contributed by atoms with Crippen LogP contribution in [-0.4, -0.2) is 43.4 Å². The number of fused-ring (bicyclic) bond motifs is 1. The lowest BCUT2D eigenvalue weighted by atomic mass is 10.4. The van der Waals surface area contributed by atoms with Crippen LogP contribution in [0.5, 0.6) is 0 Å². The number of aromatic nitrogens is 4. The van der Waals surface area contributed by atoms with Gasteiger partial charge in [0.2, 0.25) is 5.95 Å². The van der Waals surface area contributed by atoms with Crippen molar-refractivity contribution in [2.24, 2.45) is 0 Å². The Balaban J connectivity index is 1.87. The molecule has 0 bridgehead atoms. The van der Waals surface area contributed by atoms with Gasteiger partial charge in [0.05, 0.1) is 5.69 Å². The molecule has 2 N–H and O–H groups in total. The molecular formula is C14H24N6. The van der Waals surface area contributed by atoms with Crippen LogP contribution in [0.4, 0.5) is 5.95 Å². The first-order valence-electron chi connectivity index (χ1n) is 7.58. The predicted octanol–water partition coefficient (Wildman–Crippen LogP) is 1.63. The van der Waals surface area contributed by atoms with Gasteiger partial charge in [-0.3, -0.25) is 9.47 Å². The number of aryl methyl sites for hydroxylation is 2. The third-order valence-electron chi connectivity index (χ3n) is 4.21.